The molecule has 0 aliphatic rings. The first-order valence-corrected chi connectivity index (χ1v) is 4.65. The Hall–Kier alpha value is -2.58. The normalized spacial score (nSPS) is 10.9. The Morgan fingerprint density at radius 1 is 1.47 bits per heavy atom. The summed E-state index contributed by atoms with van der Waals surface area (Å²) in [6.07, 6.45) is 0. The predicted molar refractivity (Wildman–Crippen MR) is 59.2 cm³/mol. The van der Waals surface area contributed by atoms with Gasteiger partial charge in [0.05, 0.1) is 0 Å². The molecule has 2 rings (SSSR count). The summed E-state index contributed by atoms with van der Waals surface area (Å²) in [6.45, 7) is -0.274. The van der Waals surface area contributed by atoms with E-state index in [4.69, 9.17) is 11.5 Å². The molecule has 90 valence electrons. The lowest BCUT2D eigenvalue weighted by atomic mass is 10.5. The van der Waals surface area contributed by atoms with Crippen molar-refractivity contribution in [3.63, 3.8) is 0 Å². The molecule has 2 aromatic heterocycles. The number of aryl methyl sites for hydroxylation is 1. The van der Waals surface area contributed by atoms with E-state index in [2.05, 4.69) is 9.97 Å². The molecule has 9 nitrogen and oxygen atoms in total. The van der Waals surface area contributed by atoms with Crippen LogP contribution in [0.3, 0.4) is 0 Å². The fourth-order valence-electron chi connectivity index (χ4n) is 1.57. The van der Waals surface area contributed by atoms with Gasteiger partial charge in [0.25, 0.3) is 5.56 Å². The molecule has 0 aliphatic heterocycles. The third-order valence-corrected chi connectivity index (χ3v) is 2.35. The molecule has 17 heavy (non-hydrogen) atoms. The van der Waals surface area contributed by atoms with E-state index in [1.165, 1.54) is 7.05 Å². The average molecular weight is 238 g/mol. The molecule has 0 unspecified atom stereocenters. The van der Waals surface area contributed by atoms with Crippen LogP contribution in [0, 0.1) is 0 Å². The number of amides is 1. The standard InChI is InChI=1S/C8H10N6O3/c1-13-5-4(6(16)12-8(13)17)14(2-3(9)15)7(10)11-5/h2H2,1H3,(H2,9,15)(H2,10,11)(H,12,16,17). The number of imidazole rings is 1. The number of hydrogen-bond acceptors (Lipinski definition) is 5. The van der Waals surface area contributed by atoms with Crippen LogP contribution in [-0.2, 0) is 18.4 Å². The Morgan fingerprint density at radius 3 is 2.71 bits per heavy atom. The maximum absolute atomic E-state index is 11.6. The third-order valence-electron chi connectivity index (χ3n) is 2.35. The molecule has 2 aromatic rings. The zero-order valence-corrected chi connectivity index (χ0v) is 8.93. The van der Waals surface area contributed by atoms with E-state index < -0.39 is 17.2 Å². The monoisotopic (exact) mass is 238 g/mol. The summed E-state index contributed by atoms with van der Waals surface area (Å²) >= 11 is 0. The summed E-state index contributed by atoms with van der Waals surface area (Å²) in [7, 11) is 1.43. The Balaban J connectivity index is 2.92. The lowest BCUT2D eigenvalue weighted by Gasteiger charge is -2.02. The van der Waals surface area contributed by atoms with Crippen LogP contribution in [-0.4, -0.2) is 25.0 Å². The van der Waals surface area contributed by atoms with Crippen molar-refractivity contribution in [2.45, 2.75) is 6.54 Å². The first-order chi connectivity index (χ1) is 7.91. The number of nitrogen functional groups attached to an aromatic ring is 1. The summed E-state index contributed by atoms with van der Waals surface area (Å²) in [6, 6.07) is 0. The Bertz CT molecular complexity index is 721. The van der Waals surface area contributed by atoms with Crippen LogP contribution in [0.1, 0.15) is 0 Å². The minimum atomic E-state index is -0.663. The van der Waals surface area contributed by atoms with E-state index >= 15 is 0 Å². The van der Waals surface area contributed by atoms with Crippen molar-refractivity contribution < 1.29 is 4.79 Å². The van der Waals surface area contributed by atoms with Gasteiger partial charge >= 0.3 is 5.69 Å². The van der Waals surface area contributed by atoms with Crippen LogP contribution in [0.5, 0.6) is 0 Å². The number of rotatable bonds is 2. The summed E-state index contributed by atoms with van der Waals surface area (Å²) in [4.78, 5) is 39.8. The van der Waals surface area contributed by atoms with Gasteiger partial charge < -0.3 is 11.5 Å². The maximum Gasteiger partial charge on any atom is 0.329 e. The van der Waals surface area contributed by atoms with Crippen LogP contribution in [0.25, 0.3) is 11.2 Å². The number of anilines is 1. The van der Waals surface area contributed by atoms with Gasteiger partial charge in [-0.2, -0.15) is 4.98 Å². The van der Waals surface area contributed by atoms with E-state index in [1.807, 2.05) is 0 Å². The van der Waals surface area contributed by atoms with E-state index in [1.54, 1.807) is 0 Å². The SMILES string of the molecule is Cn1c(=O)[nH]c(=O)c2c1nc(N)n2CC(N)=O. The molecule has 9 heteroatoms. The minimum Gasteiger partial charge on any atom is -0.369 e. The van der Waals surface area contributed by atoms with Crippen molar-refractivity contribution in [3.8, 4) is 0 Å². The van der Waals surface area contributed by atoms with Gasteiger partial charge in [0.1, 0.15) is 6.54 Å². The number of nitrogens with zero attached hydrogens (tertiary/aromatic N) is 3. The van der Waals surface area contributed by atoms with Gasteiger partial charge in [-0.1, -0.05) is 0 Å². The number of aromatic nitrogens is 4. The topological polar surface area (TPSA) is 142 Å². The molecule has 0 saturated carbocycles. The van der Waals surface area contributed by atoms with Gasteiger partial charge in [0.15, 0.2) is 11.2 Å². The van der Waals surface area contributed by atoms with Crippen LogP contribution in [0.15, 0.2) is 9.59 Å². The summed E-state index contributed by atoms with van der Waals surface area (Å²) in [5.41, 5.74) is 9.49. The summed E-state index contributed by atoms with van der Waals surface area (Å²) in [5.74, 6) is -0.713. The number of nitrogens with two attached hydrogens (primary N) is 2. The van der Waals surface area contributed by atoms with E-state index in [-0.39, 0.29) is 23.7 Å². The van der Waals surface area contributed by atoms with Crippen LogP contribution >= 0.6 is 0 Å². The lowest BCUT2D eigenvalue weighted by molar-refractivity contribution is -0.118. The van der Waals surface area contributed by atoms with E-state index in [0.717, 1.165) is 9.13 Å². The predicted octanol–water partition coefficient (Wildman–Crippen LogP) is -2.51. The molecule has 0 spiro atoms. The van der Waals surface area contributed by atoms with Gasteiger partial charge in [-0.05, 0) is 0 Å². The number of fused-ring (bicyclic) bond motifs is 1. The van der Waals surface area contributed by atoms with Crippen molar-refractivity contribution in [2.75, 3.05) is 5.73 Å². The Labute approximate surface area is 93.7 Å². The van der Waals surface area contributed by atoms with E-state index in [9.17, 15) is 14.4 Å². The molecule has 0 bridgehead atoms. The second-order valence-corrected chi connectivity index (χ2v) is 3.51. The molecule has 0 radical (unpaired) electrons. The number of primary amides is 1. The molecule has 0 aliphatic carbocycles. The van der Waals surface area contributed by atoms with Crippen LogP contribution < -0.4 is 22.7 Å². The lowest BCUT2D eigenvalue weighted by Crippen LogP contribution is -2.30. The highest BCUT2D eigenvalue weighted by molar-refractivity contribution is 5.79. The second kappa shape index (κ2) is 3.47. The molecule has 0 aromatic carbocycles. The van der Waals surface area contributed by atoms with Crippen LogP contribution in [0.2, 0.25) is 0 Å². The minimum absolute atomic E-state index is 0.0448. The van der Waals surface area contributed by atoms with Crippen molar-refractivity contribution >= 4 is 23.0 Å². The Morgan fingerprint density at radius 2 is 2.12 bits per heavy atom. The average Bonchev–Trinajstić information content (AvgIpc) is 2.53. The van der Waals surface area contributed by atoms with Crippen molar-refractivity contribution in [2.24, 2.45) is 12.8 Å². The van der Waals surface area contributed by atoms with Crippen molar-refractivity contribution in [1.29, 1.82) is 0 Å². The highest BCUT2D eigenvalue weighted by Gasteiger charge is 2.16. The van der Waals surface area contributed by atoms with Crippen molar-refractivity contribution in [3.05, 3.63) is 20.8 Å². The molecule has 0 atom stereocenters. The zero-order chi connectivity index (χ0) is 12.7. The molecular weight excluding hydrogens is 228 g/mol. The summed E-state index contributed by atoms with van der Waals surface area (Å²) < 4.78 is 2.29. The summed E-state index contributed by atoms with van der Waals surface area (Å²) in [5, 5.41) is 0. The first kappa shape index (κ1) is 10.9. The van der Waals surface area contributed by atoms with Gasteiger partial charge in [-0.15, -0.1) is 0 Å². The number of aromatic amines is 1. The zero-order valence-electron chi connectivity index (χ0n) is 8.93. The quantitative estimate of drug-likeness (QED) is 0.529. The van der Waals surface area contributed by atoms with Gasteiger partial charge in [0.2, 0.25) is 11.9 Å². The molecule has 0 fully saturated rings. The number of nitrogens with one attached hydrogen (secondary N) is 1. The second-order valence-electron chi connectivity index (χ2n) is 3.51. The fraction of sp³-hybridized carbons (Fsp3) is 0.250. The number of hydrogen-bond donors (Lipinski definition) is 3. The van der Waals surface area contributed by atoms with E-state index in [0.29, 0.717) is 0 Å². The van der Waals surface area contributed by atoms with Crippen molar-refractivity contribution in [1.82, 2.24) is 19.1 Å². The molecule has 5 N–H and O–H groups in total. The first-order valence-electron chi connectivity index (χ1n) is 4.65. The number of carbonyl (C=O) groups excluding carboxylic acids is 1. The van der Waals surface area contributed by atoms with Gasteiger partial charge in [-0.3, -0.25) is 23.7 Å². The molecular formula is C8H10N6O3. The molecule has 0 saturated heterocycles. The molecule has 2 heterocycles. The van der Waals surface area contributed by atoms with Crippen LogP contribution in [0.4, 0.5) is 5.95 Å². The van der Waals surface area contributed by atoms with Gasteiger partial charge in [0, 0.05) is 7.05 Å². The number of carbonyl (C=O) groups is 1. The fourth-order valence-corrected chi connectivity index (χ4v) is 1.57. The smallest absolute Gasteiger partial charge is 0.329 e. The molecule has 1 amide bonds. The highest BCUT2D eigenvalue weighted by Crippen LogP contribution is 2.11. The highest BCUT2D eigenvalue weighted by atomic mass is 16.2. The largest absolute Gasteiger partial charge is 0.369 e. The third kappa shape index (κ3) is 1.57. The maximum atomic E-state index is 11.6. The Kier molecular flexibility index (Phi) is 2.23. The number of H-pyrrole nitrogens is 1. The van der Waals surface area contributed by atoms with Gasteiger partial charge in [-0.25, -0.2) is 4.79 Å².